The Morgan fingerprint density at radius 2 is 1.80 bits per heavy atom. The fourth-order valence-electron chi connectivity index (χ4n) is 2.36. The minimum absolute atomic E-state index is 0.370. The fourth-order valence-corrected chi connectivity index (χ4v) is 2.74. The molecule has 0 aliphatic carbocycles. The first-order valence-electron chi connectivity index (χ1n) is 7.29. The summed E-state index contributed by atoms with van der Waals surface area (Å²) in [5, 5.41) is 3.69. The fraction of sp³-hybridized carbons (Fsp3) is 0.333. The number of halogens is 1. The van der Waals surface area contributed by atoms with Crippen molar-refractivity contribution in [2.24, 2.45) is 0 Å². The van der Waals surface area contributed by atoms with Crippen LogP contribution in [0.1, 0.15) is 43.4 Å². The lowest BCUT2D eigenvalue weighted by atomic mass is 10.0. The van der Waals surface area contributed by atoms with Crippen LogP contribution in [-0.2, 0) is 0 Å². The average molecular weight is 332 g/mol. The number of benzene rings is 2. The maximum Gasteiger partial charge on any atom is 0.0514 e. The van der Waals surface area contributed by atoms with Crippen molar-refractivity contribution in [3.8, 4) is 0 Å². The SMILES string of the molecule is CCCCC(Nc1cccc(C)c1Br)c1ccccc1. The van der Waals surface area contributed by atoms with Gasteiger partial charge in [0.25, 0.3) is 0 Å². The van der Waals surface area contributed by atoms with Crippen LogP contribution in [0.15, 0.2) is 53.0 Å². The number of rotatable bonds is 6. The van der Waals surface area contributed by atoms with Crippen LogP contribution in [0.3, 0.4) is 0 Å². The molecule has 1 unspecified atom stereocenters. The van der Waals surface area contributed by atoms with Gasteiger partial charge in [-0.3, -0.25) is 0 Å². The molecule has 0 radical (unpaired) electrons. The van der Waals surface area contributed by atoms with Gasteiger partial charge in [-0.05, 0) is 46.5 Å². The van der Waals surface area contributed by atoms with Gasteiger partial charge in [0, 0.05) is 10.2 Å². The van der Waals surface area contributed by atoms with Gasteiger partial charge in [-0.1, -0.05) is 62.2 Å². The standard InChI is InChI=1S/C18H22BrN/c1-3-4-12-16(15-10-6-5-7-11-15)20-17-13-8-9-14(2)18(17)19/h5-11,13,16,20H,3-4,12H2,1-2H3. The zero-order valence-electron chi connectivity index (χ0n) is 12.2. The highest BCUT2D eigenvalue weighted by atomic mass is 79.9. The first-order valence-corrected chi connectivity index (χ1v) is 8.08. The lowest BCUT2D eigenvalue weighted by molar-refractivity contribution is 0.634. The third-order valence-electron chi connectivity index (χ3n) is 3.57. The summed E-state index contributed by atoms with van der Waals surface area (Å²) in [6, 6.07) is 17.4. The Morgan fingerprint density at radius 1 is 1.05 bits per heavy atom. The van der Waals surface area contributed by atoms with Gasteiger partial charge in [0.15, 0.2) is 0 Å². The number of hydrogen-bond acceptors (Lipinski definition) is 1. The largest absolute Gasteiger partial charge is 0.377 e. The highest BCUT2D eigenvalue weighted by Crippen LogP contribution is 2.31. The highest BCUT2D eigenvalue weighted by molar-refractivity contribution is 9.10. The van der Waals surface area contributed by atoms with Crippen molar-refractivity contribution in [1.29, 1.82) is 0 Å². The quantitative estimate of drug-likeness (QED) is 0.674. The van der Waals surface area contributed by atoms with Crippen molar-refractivity contribution < 1.29 is 0 Å². The number of hydrogen-bond donors (Lipinski definition) is 1. The van der Waals surface area contributed by atoms with Crippen LogP contribution in [0.4, 0.5) is 5.69 Å². The third-order valence-corrected chi connectivity index (χ3v) is 4.62. The molecule has 0 fully saturated rings. The van der Waals surface area contributed by atoms with Gasteiger partial charge in [-0.15, -0.1) is 0 Å². The van der Waals surface area contributed by atoms with Crippen molar-refractivity contribution >= 4 is 21.6 Å². The molecule has 0 spiro atoms. The molecule has 0 saturated carbocycles. The molecule has 2 rings (SSSR count). The Morgan fingerprint density at radius 3 is 2.50 bits per heavy atom. The number of anilines is 1. The van der Waals surface area contributed by atoms with Crippen LogP contribution in [0.2, 0.25) is 0 Å². The topological polar surface area (TPSA) is 12.0 Å². The molecule has 0 heterocycles. The van der Waals surface area contributed by atoms with Gasteiger partial charge < -0.3 is 5.32 Å². The number of unbranched alkanes of at least 4 members (excludes halogenated alkanes) is 1. The zero-order valence-corrected chi connectivity index (χ0v) is 13.8. The molecule has 0 aliphatic rings. The van der Waals surface area contributed by atoms with Gasteiger partial charge in [0.2, 0.25) is 0 Å². The van der Waals surface area contributed by atoms with Gasteiger partial charge in [-0.25, -0.2) is 0 Å². The molecule has 1 N–H and O–H groups in total. The van der Waals surface area contributed by atoms with Gasteiger partial charge in [-0.2, -0.15) is 0 Å². The molecule has 0 saturated heterocycles. The molecule has 106 valence electrons. The lowest BCUT2D eigenvalue weighted by Crippen LogP contribution is -2.11. The Labute approximate surface area is 130 Å². The van der Waals surface area contributed by atoms with E-state index in [0.29, 0.717) is 6.04 Å². The smallest absolute Gasteiger partial charge is 0.0514 e. The van der Waals surface area contributed by atoms with Crippen LogP contribution in [-0.4, -0.2) is 0 Å². The van der Waals surface area contributed by atoms with E-state index in [1.807, 2.05) is 0 Å². The summed E-state index contributed by atoms with van der Waals surface area (Å²) in [5.41, 5.74) is 3.79. The second-order valence-electron chi connectivity index (χ2n) is 5.19. The van der Waals surface area contributed by atoms with E-state index in [4.69, 9.17) is 0 Å². The Kier molecular flexibility index (Phi) is 5.66. The Balaban J connectivity index is 2.21. The predicted molar refractivity (Wildman–Crippen MR) is 91.2 cm³/mol. The molecule has 2 aromatic carbocycles. The molecule has 0 aliphatic heterocycles. The van der Waals surface area contributed by atoms with E-state index in [0.717, 1.165) is 10.9 Å². The molecular formula is C18H22BrN. The first kappa shape index (κ1) is 15.1. The third kappa shape index (κ3) is 3.86. The minimum atomic E-state index is 0.370. The van der Waals surface area contributed by atoms with Crippen LogP contribution >= 0.6 is 15.9 Å². The second kappa shape index (κ2) is 7.49. The maximum absolute atomic E-state index is 3.69. The minimum Gasteiger partial charge on any atom is -0.377 e. The number of aryl methyl sites for hydroxylation is 1. The molecule has 0 aromatic heterocycles. The molecular weight excluding hydrogens is 310 g/mol. The summed E-state index contributed by atoms with van der Waals surface area (Å²) in [7, 11) is 0. The van der Waals surface area contributed by atoms with E-state index >= 15 is 0 Å². The molecule has 2 heteroatoms. The van der Waals surface area contributed by atoms with E-state index in [9.17, 15) is 0 Å². The summed E-state index contributed by atoms with van der Waals surface area (Å²) >= 11 is 3.69. The summed E-state index contributed by atoms with van der Waals surface area (Å²) in [6.07, 6.45) is 3.61. The molecule has 1 nitrogen and oxygen atoms in total. The van der Waals surface area contributed by atoms with E-state index in [1.54, 1.807) is 0 Å². The predicted octanol–water partition coefficient (Wildman–Crippen LogP) is 6.10. The van der Waals surface area contributed by atoms with E-state index in [1.165, 1.54) is 29.7 Å². The lowest BCUT2D eigenvalue weighted by Gasteiger charge is -2.21. The van der Waals surface area contributed by atoms with Crippen molar-refractivity contribution in [2.75, 3.05) is 5.32 Å². The van der Waals surface area contributed by atoms with E-state index < -0.39 is 0 Å². The summed E-state index contributed by atoms with van der Waals surface area (Å²) < 4.78 is 1.16. The van der Waals surface area contributed by atoms with E-state index in [2.05, 4.69) is 83.6 Å². The monoisotopic (exact) mass is 331 g/mol. The molecule has 20 heavy (non-hydrogen) atoms. The Bertz CT molecular complexity index is 536. The van der Waals surface area contributed by atoms with Crippen molar-refractivity contribution in [3.63, 3.8) is 0 Å². The van der Waals surface area contributed by atoms with Gasteiger partial charge in [0.1, 0.15) is 0 Å². The number of nitrogens with one attached hydrogen (secondary N) is 1. The summed E-state index contributed by atoms with van der Waals surface area (Å²) in [6.45, 7) is 4.36. The highest BCUT2D eigenvalue weighted by Gasteiger charge is 2.12. The summed E-state index contributed by atoms with van der Waals surface area (Å²) in [5.74, 6) is 0. The van der Waals surface area contributed by atoms with Crippen molar-refractivity contribution in [2.45, 2.75) is 39.2 Å². The van der Waals surface area contributed by atoms with Gasteiger partial charge >= 0.3 is 0 Å². The van der Waals surface area contributed by atoms with Crippen molar-refractivity contribution in [3.05, 3.63) is 64.1 Å². The zero-order chi connectivity index (χ0) is 14.4. The summed E-state index contributed by atoms with van der Waals surface area (Å²) in [4.78, 5) is 0. The molecule has 2 aromatic rings. The van der Waals surface area contributed by atoms with Crippen LogP contribution in [0.5, 0.6) is 0 Å². The maximum atomic E-state index is 3.69. The van der Waals surface area contributed by atoms with Crippen LogP contribution in [0, 0.1) is 6.92 Å². The molecule has 0 bridgehead atoms. The Hall–Kier alpha value is -1.28. The molecule has 0 amide bonds. The van der Waals surface area contributed by atoms with Crippen molar-refractivity contribution in [1.82, 2.24) is 0 Å². The van der Waals surface area contributed by atoms with Crippen LogP contribution < -0.4 is 5.32 Å². The van der Waals surface area contributed by atoms with Gasteiger partial charge in [0.05, 0.1) is 6.04 Å². The van der Waals surface area contributed by atoms with Crippen LogP contribution in [0.25, 0.3) is 0 Å². The molecule has 1 atom stereocenters. The second-order valence-corrected chi connectivity index (χ2v) is 5.98. The first-order chi connectivity index (χ1) is 9.72. The van der Waals surface area contributed by atoms with E-state index in [-0.39, 0.29) is 0 Å². The normalized spacial score (nSPS) is 12.2. The average Bonchev–Trinajstić information content (AvgIpc) is 2.48.